The van der Waals surface area contributed by atoms with Gasteiger partial charge in [-0.05, 0) is 36.1 Å². The first-order chi connectivity index (χ1) is 13.0. The second-order valence-electron chi connectivity index (χ2n) is 6.96. The molecule has 3 rings (SSSR count). The molecule has 0 spiro atoms. The number of carbonyl (C=O) groups excluding carboxylic acids is 2. The van der Waals surface area contributed by atoms with Gasteiger partial charge in [-0.25, -0.2) is 0 Å². The van der Waals surface area contributed by atoms with Crippen molar-refractivity contribution in [2.24, 2.45) is 11.8 Å². The van der Waals surface area contributed by atoms with Gasteiger partial charge < -0.3 is 10.4 Å². The van der Waals surface area contributed by atoms with E-state index in [1.54, 1.807) is 12.1 Å². The Morgan fingerprint density at radius 1 is 0.963 bits per heavy atom. The van der Waals surface area contributed by atoms with Crippen molar-refractivity contribution in [3.63, 3.8) is 0 Å². The van der Waals surface area contributed by atoms with Crippen LogP contribution in [0.2, 0.25) is 0 Å². The minimum Gasteiger partial charge on any atom is -0.481 e. The Hall–Kier alpha value is -2.95. The highest BCUT2D eigenvalue weighted by molar-refractivity contribution is 6.03. The summed E-state index contributed by atoms with van der Waals surface area (Å²) in [5.41, 5.74) is 3.25. The molecule has 1 aliphatic rings. The van der Waals surface area contributed by atoms with E-state index in [2.05, 4.69) is 12.2 Å². The normalized spacial score (nSPS) is 18.0. The summed E-state index contributed by atoms with van der Waals surface area (Å²) in [6.07, 6.45) is 2.82. The number of ketones is 1. The van der Waals surface area contributed by atoms with Crippen LogP contribution in [0, 0.1) is 11.8 Å². The van der Waals surface area contributed by atoms with E-state index in [1.807, 2.05) is 36.4 Å². The first-order valence-electron chi connectivity index (χ1n) is 9.27. The summed E-state index contributed by atoms with van der Waals surface area (Å²) in [5.74, 6) is -1.89. The lowest BCUT2D eigenvalue weighted by Gasteiger charge is -2.07. The van der Waals surface area contributed by atoms with E-state index in [1.165, 1.54) is 0 Å². The SMILES string of the molecule is CCCCC(=O)Nc1ccc(-c2ccc(C(=O)[C@@H]3C[C@H]3C(=O)O)cc2)cc1. The fraction of sp³-hybridized carbons (Fsp3) is 0.318. The standard InChI is InChI=1S/C22H23NO4/c1-2-3-4-20(24)23-17-11-9-15(10-12-17)14-5-7-16(8-6-14)21(25)18-13-19(18)22(26)27/h5-12,18-19H,2-4,13H2,1H3,(H,23,24)(H,26,27)/t18-,19-/m1/s1. The van der Waals surface area contributed by atoms with Crippen molar-refractivity contribution in [3.8, 4) is 11.1 Å². The number of amides is 1. The molecule has 1 amide bonds. The molecule has 2 atom stereocenters. The second-order valence-corrected chi connectivity index (χ2v) is 6.96. The highest BCUT2D eigenvalue weighted by atomic mass is 16.4. The van der Waals surface area contributed by atoms with Crippen LogP contribution in [-0.4, -0.2) is 22.8 Å². The molecule has 1 fully saturated rings. The molecule has 1 aliphatic carbocycles. The molecule has 0 bridgehead atoms. The van der Waals surface area contributed by atoms with Crippen LogP contribution < -0.4 is 5.32 Å². The number of hydrogen-bond donors (Lipinski definition) is 2. The first-order valence-corrected chi connectivity index (χ1v) is 9.27. The van der Waals surface area contributed by atoms with Gasteiger partial charge in [0.25, 0.3) is 0 Å². The zero-order chi connectivity index (χ0) is 19.4. The fourth-order valence-electron chi connectivity index (χ4n) is 3.11. The molecule has 0 unspecified atom stereocenters. The van der Waals surface area contributed by atoms with Gasteiger partial charge in [0.2, 0.25) is 5.91 Å². The first kappa shape index (κ1) is 18.8. The van der Waals surface area contributed by atoms with Crippen LogP contribution in [0.3, 0.4) is 0 Å². The van der Waals surface area contributed by atoms with Crippen molar-refractivity contribution in [3.05, 3.63) is 54.1 Å². The van der Waals surface area contributed by atoms with Crippen molar-refractivity contribution in [2.75, 3.05) is 5.32 Å². The number of carboxylic acids is 1. The Kier molecular flexibility index (Phi) is 5.69. The van der Waals surface area contributed by atoms with Gasteiger partial charge in [0.1, 0.15) is 0 Å². The summed E-state index contributed by atoms with van der Waals surface area (Å²) in [5, 5.41) is 11.8. The monoisotopic (exact) mass is 365 g/mol. The molecular formula is C22H23NO4. The minimum absolute atomic E-state index is 0.0206. The third-order valence-corrected chi connectivity index (χ3v) is 4.87. The molecule has 0 aromatic heterocycles. The van der Waals surface area contributed by atoms with Crippen LogP contribution >= 0.6 is 0 Å². The summed E-state index contributed by atoms with van der Waals surface area (Å²) in [6.45, 7) is 2.05. The summed E-state index contributed by atoms with van der Waals surface area (Å²) >= 11 is 0. The van der Waals surface area contributed by atoms with Gasteiger partial charge in [-0.2, -0.15) is 0 Å². The highest BCUT2D eigenvalue weighted by Crippen LogP contribution is 2.41. The van der Waals surface area contributed by atoms with Gasteiger partial charge in [0.05, 0.1) is 5.92 Å². The summed E-state index contributed by atoms with van der Waals surface area (Å²) in [7, 11) is 0. The Labute approximate surface area is 158 Å². The van der Waals surface area contributed by atoms with Crippen LogP contribution in [0.25, 0.3) is 11.1 Å². The van der Waals surface area contributed by atoms with Gasteiger partial charge in [0.15, 0.2) is 5.78 Å². The van der Waals surface area contributed by atoms with E-state index in [9.17, 15) is 14.4 Å². The molecule has 5 nitrogen and oxygen atoms in total. The van der Waals surface area contributed by atoms with Gasteiger partial charge >= 0.3 is 5.97 Å². The Balaban J connectivity index is 1.62. The number of Topliss-reactive ketones (excluding diaryl/α,β-unsaturated/α-hetero) is 1. The number of hydrogen-bond acceptors (Lipinski definition) is 3. The maximum Gasteiger partial charge on any atom is 0.307 e. The maximum atomic E-state index is 12.3. The zero-order valence-electron chi connectivity index (χ0n) is 15.3. The van der Waals surface area contributed by atoms with Crippen molar-refractivity contribution in [1.82, 2.24) is 0 Å². The van der Waals surface area contributed by atoms with Crippen molar-refractivity contribution in [2.45, 2.75) is 32.6 Å². The topological polar surface area (TPSA) is 83.5 Å². The second kappa shape index (κ2) is 8.16. The van der Waals surface area contributed by atoms with E-state index in [4.69, 9.17) is 5.11 Å². The van der Waals surface area contributed by atoms with E-state index < -0.39 is 11.9 Å². The molecule has 0 radical (unpaired) electrons. The number of aliphatic carboxylic acids is 1. The molecule has 2 aromatic rings. The molecule has 1 saturated carbocycles. The third kappa shape index (κ3) is 4.61. The number of carbonyl (C=O) groups is 3. The van der Waals surface area contributed by atoms with Crippen LogP contribution in [0.15, 0.2) is 48.5 Å². The Morgan fingerprint density at radius 3 is 2.07 bits per heavy atom. The number of carboxylic acid groups (broad SMARTS) is 1. The smallest absolute Gasteiger partial charge is 0.307 e. The zero-order valence-corrected chi connectivity index (χ0v) is 15.3. The lowest BCUT2D eigenvalue weighted by Crippen LogP contribution is -2.10. The number of anilines is 1. The van der Waals surface area contributed by atoms with E-state index in [0.717, 1.165) is 29.7 Å². The summed E-state index contributed by atoms with van der Waals surface area (Å²) < 4.78 is 0. The molecule has 0 saturated heterocycles. The van der Waals surface area contributed by atoms with E-state index in [-0.39, 0.29) is 17.6 Å². The molecule has 0 aliphatic heterocycles. The molecule has 2 N–H and O–H groups in total. The average Bonchev–Trinajstić information content (AvgIpc) is 3.48. The average molecular weight is 365 g/mol. The number of nitrogens with one attached hydrogen (secondary N) is 1. The number of rotatable bonds is 8. The van der Waals surface area contributed by atoms with Crippen molar-refractivity contribution >= 4 is 23.3 Å². The predicted octanol–water partition coefficient (Wildman–Crippen LogP) is 4.39. The minimum atomic E-state index is -0.896. The van der Waals surface area contributed by atoms with E-state index >= 15 is 0 Å². The molecule has 0 heterocycles. The summed E-state index contributed by atoms with van der Waals surface area (Å²) in [4.78, 5) is 35.0. The van der Waals surface area contributed by atoms with Gasteiger partial charge in [0, 0.05) is 23.6 Å². The lowest BCUT2D eigenvalue weighted by atomic mass is 10.0. The molecule has 5 heteroatoms. The van der Waals surface area contributed by atoms with Crippen LogP contribution in [0.4, 0.5) is 5.69 Å². The van der Waals surface area contributed by atoms with Gasteiger partial charge in [-0.15, -0.1) is 0 Å². The lowest BCUT2D eigenvalue weighted by molar-refractivity contribution is -0.138. The van der Waals surface area contributed by atoms with Gasteiger partial charge in [-0.3, -0.25) is 14.4 Å². The molecular weight excluding hydrogens is 342 g/mol. The molecule has 27 heavy (non-hydrogen) atoms. The van der Waals surface area contributed by atoms with Gasteiger partial charge in [-0.1, -0.05) is 49.7 Å². The molecule has 2 aromatic carbocycles. The summed E-state index contributed by atoms with van der Waals surface area (Å²) in [6, 6.07) is 14.8. The highest BCUT2D eigenvalue weighted by Gasteiger charge is 2.48. The molecule has 140 valence electrons. The largest absolute Gasteiger partial charge is 0.481 e. The fourth-order valence-corrected chi connectivity index (χ4v) is 3.11. The quantitative estimate of drug-likeness (QED) is 0.680. The maximum absolute atomic E-state index is 12.3. The predicted molar refractivity (Wildman–Crippen MR) is 104 cm³/mol. The van der Waals surface area contributed by atoms with Crippen LogP contribution in [-0.2, 0) is 9.59 Å². The Bertz CT molecular complexity index is 840. The van der Waals surface area contributed by atoms with Crippen molar-refractivity contribution in [1.29, 1.82) is 0 Å². The third-order valence-electron chi connectivity index (χ3n) is 4.87. The number of unbranched alkanes of at least 4 members (excludes halogenated alkanes) is 1. The van der Waals surface area contributed by atoms with E-state index in [0.29, 0.717) is 18.4 Å². The van der Waals surface area contributed by atoms with Crippen LogP contribution in [0.5, 0.6) is 0 Å². The van der Waals surface area contributed by atoms with Crippen molar-refractivity contribution < 1.29 is 19.5 Å². The number of benzene rings is 2. The van der Waals surface area contributed by atoms with Crippen LogP contribution in [0.1, 0.15) is 43.0 Å². The Morgan fingerprint density at radius 2 is 1.56 bits per heavy atom.